The lowest BCUT2D eigenvalue weighted by Gasteiger charge is -2.24. The van der Waals surface area contributed by atoms with Crippen molar-refractivity contribution in [3.8, 4) is 0 Å². The van der Waals surface area contributed by atoms with Gasteiger partial charge in [-0.25, -0.2) is 4.79 Å². The molecule has 8 nitrogen and oxygen atoms in total. The third-order valence-corrected chi connectivity index (χ3v) is 4.91. The highest BCUT2D eigenvalue weighted by molar-refractivity contribution is 5.80. The van der Waals surface area contributed by atoms with Crippen molar-refractivity contribution < 1.29 is 18.7 Å². The maximum absolute atomic E-state index is 12.1. The molecule has 1 aliphatic rings. The number of carbonyl (C=O) groups is 1. The Morgan fingerprint density at radius 2 is 2.19 bits per heavy atom. The van der Waals surface area contributed by atoms with Crippen molar-refractivity contribution in [2.45, 2.75) is 71.4 Å². The van der Waals surface area contributed by atoms with E-state index in [9.17, 15) is 4.79 Å². The highest BCUT2D eigenvalue weighted by Crippen LogP contribution is 2.12. The Morgan fingerprint density at radius 3 is 2.84 bits per heavy atom. The predicted octanol–water partition coefficient (Wildman–Crippen LogP) is 3.48. The van der Waals surface area contributed by atoms with Gasteiger partial charge in [0, 0.05) is 44.6 Å². The summed E-state index contributed by atoms with van der Waals surface area (Å²) in [6.45, 7) is 11.2. The van der Waals surface area contributed by atoms with Gasteiger partial charge in [-0.3, -0.25) is 4.99 Å². The fraction of sp³-hybridized carbons (Fsp3) is 0.739. The fourth-order valence-electron chi connectivity index (χ4n) is 3.25. The highest BCUT2D eigenvalue weighted by Gasteiger charge is 2.19. The summed E-state index contributed by atoms with van der Waals surface area (Å²) in [5.74, 6) is 2.15. The van der Waals surface area contributed by atoms with Gasteiger partial charge in [-0.05, 0) is 45.7 Å². The molecule has 0 bridgehead atoms. The number of hydrogen-bond acceptors (Lipinski definition) is 5. The van der Waals surface area contributed by atoms with Crippen LogP contribution in [-0.2, 0) is 15.9 Å². The lowest BCUT2D eigenvalue weighted by molar-refractivity contribution is 0.0522. The fourth-order valence-corrected chi connectivity index (χ4v) is 3.25. The van der Waals surface area contributed by atoms with Crippen molar-refractivity contribution in [2.75, 3.05) is 32.8 Å². The standard InChI is InChI=1S/C23H40N4O4/c1-5-6-8-19(16-26-22(28)31-23(2,3)4)27-21(25-15-18-11-14-29-17-18)24-12-10-20-9-7-13-30-20/h7,9,13,18-19H,5-6,8,10-12,14-17H2,1-4H3,(H,26,28)(H2,24,25,27). The molecule has 1 amide bonds. The first kappa shape index (κ1) is 25.0. The largest absolute Gasteiger partial charge is 0.469 e. The summed E-state index contributed by atoms with van der Waals surface area (Å²) in [7, 11) is 0. The van der Waals surface area contributed by atoms with Gasteiger partial charge in [0.05, 0.1) is 12.9 Å². The van der Waals surface area contributed by atoms with Gasteiger partial charge in [0.25, 0.3) is 0 Å². The first-order chi connectivity index (χ1) is 14.9. The van der Waals surface area contributed by atoms with Crippen molar-refractivity contribution in [1.82, 2.24) is 16.0 Å². The Labute approximate surface area is 186 Å². The van der Waals surface area contributed by atoms with Crippen molar-refractivity contribution in [2.24, 2.45) is 10.9 Å². The summed E-state index contributed by atoms with van der Waals surface area (Å²) in [6.07, 6.45) is 6.18. The topological polar surface area (TPSA) is 97.1 Å². The maximum Gasteiger partial charge on any atom is 0.407 e. The lowest BCUT2D eigenvalue weighted by Crippen LogP contribution is -2.49. The van der Waals surface area contributed by atoms with Crippen molar-refractivity contribution in [3.05, 3.63) is 24.2 Å². The number of hydrogen-bond donors (Lipinski definition) is 3. The summed E-state index contributed by atoms with van der Waals surface area (Å²) >= 11 is 0. The molecule has 1 aliphatic heterocycles. The number of ether oxygens (including phenoxy) is 2. The SMILES string of the molecule is CCCCC(CNC(=O)OC(C)(C)C)NC(=NCC1CCOC1)NCCc1ccco1. The van der Waals surface area contributed by atoms with Crippen LogP contribution in [-0.4, -0.2) is 56.5 Å². The molecule has 2 rings (SSSR count). The van der Waals surface area contributed by atoms with E-state index in [4.69, 9.17) is 18.9 Å². The second-order valence-corrected chi connectivity index (χ2v) is 9.04. The molecule has 0 saturated carbocycles. The second-order valence-electron chi connectivity index (χ2n) is 9.04. The molecule has 3 N–H and O–H groups in total. The molecule has 0 aromatic carbocycles. The normalized spacial score (nSPS) is 17.9. The van der Waals surface area contributed by atoms with E-state index in [2.05, 4.69) is 22.9 Å². The summed E-state index contributed by atoms with van der Waals surface area (Å²) in [5, 5.41) is 9.81. The zero-order valence-corrected chi connectivity index (χ0v) is 19.5. The number of furan rings is 1. The number of guanidine groups is 1. The predicted molar refractivity (Wildman–Crippen MR) is 122 cm³/mol. The zero-order valence-electron chi connectivity index (χ0n) is 19.5. The average Bonchev–Trinajstić information content (AvgIpc) is 3.40. The average molecular weight is 437 g/mol. The van der Waals surface area contributed by atoms with Crippen LogP contribution in [0.15, 0.2) is 27.8 Å². The first-order valence-electron chi connectivity index (χ1n) is 11.5. The Balaban J connectivity index is 1.93. The molecule has 1 saturated heterocycles. The highest BCUT2D eigenvalue weighted by atomic mass is 16.6. The molecule has 2 atom stereocenters. The van der Waals surface area contributed by atoms with E-state index < -0.39 is 11.7 Å². The van der Waals surface area contributed by atoms with Gasteiger partial charge in [-0.1, -0.05) is 19.8 Å². The van der Waals surface area contributed by atoms with Crippen molar-refractivity contribution in [3.63, 3.8) is 0 Å². The minimum Gasteiger partial charge on any atom is -0.469 e. The van der Waals surface area contributed by atoms with E-state index in [-0.39, 0.29) is 6.04 Å². The quantitative estimate of drug-likeness (QED) is 0.363. The van der Waals surface area contributed by atoms with E-state index in [1.807, 2.05) is 32.9 Å². The summed E-state index contributed by atoms with van der Waals surface area (Å²) in [4.78, 5) is 16.9. The smallest absolute Gasteiger partial charge is 0.407 e. The number of nitrogens with zero attached hydrogens (tertiary/aromatic N) is 1. The lowest BCUT2D eigenvalue weighted by atomic mass is 10.1. The van der Waals surface area contributed by atoms with Crippen LogP contribution in [0, 0.1) is 5.92 Å². The van der Waals surface area contributed by atoms with E-state index in [1.165, 1.54) is 0 Å². The summed E-state index contributed by atoms with van der Waals surface area (Å²) < 4.78 is 16.3. The molecule has 31 heavy (non-hydrogen) atoms. The number of alkyl carbamates (subject to hydrolysis) is 1. The van der Waals surface area contributed by atoms with Crippen LogP contribution in [0.5, 0.6) is 0 Å². The minimum absolute atomic E-state index is 0.0576. The molecular weight excluding hydrogens is 396 g/mol. The molecule has 0 spiro atoms. The number of carbonyl (C=O) groups excluding carboxylic acids is 1. The second kappa shape index (κ2) is 13.2. The molecule has 2 unspecified atom stereocenters. The number of aliphatic imine (C=N–C) groups is 1. The van der Waals surface area contributed by atoms with Crippen LogP contribution in [0.25, 0.3) is 0 Å². The molecular formula is C23H40N4O4. The summed E-state index contributed by atoms with van der Waals surface area (Å²) in [5.41, 5.74) is -0.514. The van der Waals surface area contributed by atoms with Crippen LogP contribution >= 0.6 is 0 Å². The molecule has 0 aliphatic carbocycles. The number of nitrogens with one attached hydrogen (secondary N) is 3. The third kappa shape index (κ3) is 11.1. The molecule has 176 valence electrons. The van der Waals surface area contributed by atoms with Gasteiger partial charge in [-0.2, -0.15) is 0 Å². The minimum atomic E-state index is -0.514. The van der Waals surface area contributed by atoms with Crippen LogP contribution in [0.4, 0.5) is 4.79 Å². The Morgan fingerprint density at radius 1 is 1.35 bits per heavy atom. The van der Waals surface area contributed by atoms with Crippen LogP contribution < -0.4 is 16.0 Å². The molecule has 0 radical (unpaired) electrons. The van der Waals surface area contributed by atoms with E-state index >= 15 is 0 Å². The van der Waals surface area contributed by atoms with Crippen molar-refractivity contribution in [1.29, 1.82) is 0 Å². The number of unbranched alkanes of at least 4 members (excludes halogenated alkanes) is 1. The zero-order chi connectivity index (χ0) is 22.5. The van der Waals surface area contributed by atoms with Crippen LogP contribution in [0.1, 0.15) is 59.1 Å². The van der Waals surface area contributed by atoms with E-state index in [0.717, 1.165) is 63.6 Å². The molecule has 1 fully saturated rings. The van der Waals surface area contributed by atoms with Gasteiger partial charge in [0.15, 0.2) is 5.96 Å². The van der Waals surface area contributed by atoms with Crippen LogP contribution in [0.3, 0.4) is 0 Å². The number of amides is 1. The molecule has 1 aromatic rings. The first-order valence-corrected chi connectivity index (χ1v) is 11.5. The third-order valence-electron chi connectivity index (χ3n) is 4.91. The van der Waals surface area contributed by atoms with E-state index in [1.54, 1.807) is 6.26 Å². The van der Waals surface area contributed by atoms with Gasteiger partial charge < -0.3 is 29.8 Å². The number of rotatable bonds is 11. The van der Waals surface area contributed by atoms with Crippen LogP contribution in [0.2, 0.25) is 0 Å². The summed E-state index contributed by atoms with van der Waals surface area (Å²) in [6, 6.07) is 3.92. The Kier molecular flexibility index (Phi) is 10.7. The van der Waals surface area contributed by atoms with Gasteiger partial charge in [0.2, 0.25) is 0 Å². The van der Waals surface area contributed by atoms with Gasteiger partial charge in [0.1, 0.15) is 11.4 Å². The molecule has 1 aromatic heterocycles. The van der Waals surface area contributed by atoms with E-state index in [0.29, 0.717) is 19.0 Å². The van der Waals surface area contributed by atoms with Gasteiger partial charge >= 0.3 is 6.09 Å². The van der Waals surface area contributed by atoms with Gasteiger partial charge in [-0.15, -0.1) is 0 Å². The van der Waals surface area contributed by atoms with Crippen molar-refractivity contribution >= 4 is 12.1 Å². The monoisotopic (exact) mass is 436 g/mol. The maximum atomic E-state index is 12.1. The molecule has 2 heterocycles. The Bertz CT molecular complexity index is 649. The molecule has 8 heteroatoms. The Hall–Kier alpha value is -2.22.